The second kappa shape index (κ2) is 11.4. The molecule has 198 valence electrons. The molecule has 0 unspecified atom stereocenters. The molecule has 1 amide bonds. The minimum absolute atomic E-state index is 0.0186. The fraction of sp³-hybridized carbons (Fsp3) is 0.267. The molecule has 0 aromatic heterocycles. The molecule has 3 aromatic carbocycles. The number of aromatic hydroxyl groups is 1. The molecule has 38 heavy (non-hydrogen) atoms. The number of aryl methyl sites for hydroxylation is 1. The van der Waals surface area contributed by atoms with Gasteiger partial charge in [0.25, 0.3) is 11.7 Å². The second-order valence-electron chi connectivity index (χ2n) is 9.53. The van der Waals surface area contributed by atoms with Gasteiger partial charge in [0.05, 0.1) is 18.7 Å². The van der Waals surface area contributed by atoms with Crippen molar-refractivity contribution in [2.24, 2.45) is 0 Å². The van der Waals surface area contributed by atoms with Gasteiger partial charge >= 0.3 is 0 Å². The van der Waals surface area contributed by atoms with Gasteiger partial charge in [-0.25, -0.2) is 0 Å². The molecule has 0 spiro atoms. The van der Waals surface area contributed by atoms with Crippen LogP contribution >= 0.6 is 0 Å². The zero-order valence-corrected chi connectivity index (χ0v) is 22.0. The number of methoxy groups -OCH3 is 1. The minimum atomic E-state index is -0.846. The van der Waals surface area contributed by atoms with E-state index in [2.05, 4.69) is 0 Å². The fourth-order valence-corrected chi connectivity index (χ4v) is 4.46. The Labute approximate surface area is 222 Å². The van der Waals surface area contributed by atoms with E-state index < -0.39 is 17.7 Å². The summed E-state index contributed by atoms with van der Waals surface area (Å²) >= 11 is 0. The molecule has 1 atom stereocenters. The molecule has 2 N–H and O–H groups in total. The number of ether oxygens (including phenoxy) is 2. The summed E-state index contributed by atoms with van der Waals surface area (Å²) in [4.78, 5) is 29.6. The van der Waals surface area contributed by atoms with E-state index in [1.807, 2.05) is 50.2 Å². The van der Waals surface area contributed by atoms with Crippen LogP contribution in [-0.2, 0) is 16.2 Å². The molecule has 0 bridgehead atoms. The van der Waals surface area contributed by atoms with Gasteiger partial charge < -0.3 is 29.5 Å². The van der Waals surface area contributed by atoms with Crippen molar-refractivity contribution in [3.05, 3.63) is 94.6 Å². The molecule has 0 saturated carbocycles. The summed E-state index contributed by atoms with van der Waals surface area (Å²) in [5.41, 5.74) is 3.09. The number of carbonyl (C=O) groups is 2. The number of carbonyl (C=O) groups excluding carboxylic acids is 2. The highest BCUT2D eigenvalue weighted by molar-refractivity contribution is 6.46. The Balaban J connectivity index is 1.68. The zero-order chi connectivity index (χ0) is 27.4. The predicted octanol–water partition coefficient (Wildman–Crippen LogP) is 4.27. The number of benzene rings is 3. The van der Waals surface area contributed by atoms with Crippen LogP contribution in [0.15, 0.2) is 72.3 Å². The zero-order valence-electron chi connectivity index (χ0n) is 22.0. The first-order valence-corrected chi connectivity index (χ1v) is 12.3. The molecule has 0 aliphatic carbocycles. The van der Waals surface area contributed by atoms with Crippen molar-refractivity contribution < 1.29 is 29.3 Å². The maximum atomic E-state index is 13.2. The van der Waals surface area contributed by atoms with E-state index in [4.69, 9.17) is 9.47 Å². The number of likely N-dealkylation sites (N-methyl/N-ethyl adjacent to an activating group) is 1. The van der Waals surface area contributed by atoms with Crippen molar-refractivity contribution in [3.8, 4) is 17.2 Å². The number of Topliss-reactive ketones (excluding diaryl/α,β-unsaturated/α-hetero) is 1. The van der Waals surface area contributed by atoms with E-state index in [-0.39, 0.29) is 29.4 Å². The summed E-state index contributed by atoms with van der Waals surface area (Å²) in [6.07, 6.45) is 0. The van der Waals surface area contributed by atoms with Gasteiger partial charge in [-0.3, -0.25) is 9.59 Å². The van der Waals surface area contributed by atoms with E-state index in [0.29, 0.717) is 30.0 Å². The van der Waals surface area contributed by atoms with Crippen LogP contribution in [0.25, 0.3) is 5.76 Å². The average Bonchev–Trinajstić information content (AvgIpc) is 3.16. The molecule has 0 radical (unpaired) electrons. The molecule has 1 aliphatic rings. The van der Waals surface area contributed by atoms with Crippen LogP contribution in [0.1, 0.15) is 28.3 Å². The molecule has 3 aromatic rings. The molecule has 4 rings (SSSR count). The topological polar surface area (TPSA) is 99.5 Å². The first-order valence-electron chi connectivity index (χ1n) is 12.3. The second-order valence-corrected chi connectivity index (χ2v) is 9.53. The lowest BCUT2D eigenvalue weighted by Gasteiger charge is -2.27. The highest BCUT2D eigenvalue weighted by Crippen LogP contribution is 2.41. The van der Waals surface area contributed by atoms with E-state index >= 15 is 0 Å². The summed E-state index contributed by atoms with van der Waals surface area (Å²) in [5, 5.41) is 21.4. The van der Waals surface area contributed by atoms with Crippen molar-refractivity contribution in [1.82, 2.24) is 9.80 Å². The van der Waals surface area contributed by atoms with Crippen LogP contribution in [-0.4, -0.2) is 66.0 Å². The van der Waals surface area contributed by atoms with E-state index in [9.17, 15) is 19.8 Å². The van der Waals surface area contributed by atoms with Crippen LogP contribution < -0.4 is 9.47 Å². The van der Waals surface area contributed by atoms with Crippen LogP contribution in [0, 0.1) is 6.92 Å². The van der Waals surface area contributed by atoms with Gasteiger partial charge in [-0.15, -0.1) is 0 Å². The molecule has 1 heterocycles. The van der Waals surface area contributed by atoms with E-state index in [1.54, 1.807) is 36.4 Å². The van der Waals surface area contributed by atoms with Gasteiger partial charge in [-0.1, -0.05) is 35.9 Å². The number of phenols is 1. The van der Waals surface area contributed by atoms with Crippen LogP contribution in [0.5, 0.6) is 17.2 Å². The lowest BCUT2D eigenvalue weighted by atomic mass is 9.95. The SMILES string of the molecule is COc1cc([C@@H]2C(=C(O)c3ccc(OCc4cccc(C)c4)cc3)C(=O)C(=O)N2CCN(C)C)ccc1O. The number of phenolic OH excluding ortho intramolecular Hbond substituents is 1. The number of aliphatic hydroxyl groups is 1. The highest BCUT2D eigenvalue weighted by Gasteiger charge is 2.46. The Morgan fingerprint density at radius 2 is 1.76 bits per heavy atom. The number of hydrogen-bond donors (Lipinski definition) is 2. The number of hydrogen-bond acceptors (Lipinski definition) is 7. The Kier molecular flexibility index (Phi) is 8.02. The fourth-order valence-electron chi connectivity index (χ4n) is 4.46. The third kappa shape index (κ3) is 5.65. The molecule has 1 fully saturated rings. The van der Waals surface area contributed by atoms with Crippen molar-refractivity contribution in [3.63, 3.8) is 0 Å². The normalized spacial score (nSPS) is 16.8. The van der Waals surface area contributed by atoms with Crippen LogP contribution in [0.3, 0.4) is 0 Å². The predicted molar refractivity (Wildman–Crippen MR) is 144 cm³/mol. The lowest BCUT2D eigenvalue weighted by Crippen LogP contribution is -2.35. The van der Waals surface area contributed by atoms with Crippen LogP contribution in [0.2, 0.25) is 0 Å². The third-order valence-corrected chi connectivity index (χ3v) is 6.46. The number of likely N-dealkylation sites (tertiary alicyclic amines) is 1. The van der Waals surface area contributed by atoms with Gasteiger partial charge in [0.1, 0.15) is 18.1 Å². The van der Waals surface area contributed by atoms with Crippen molar-refractivity contribution in [2.75, 3.05) is 34.3 Å². The lowest BCUT2D eigenvalue weighted by molar-refractivity contribution is -0.140. The average molecular weight is 517 g/mol. The Bertz CT molecular complexity index is 1360. The summed E-state index contributed by atoms with van der Waals surface area (Å²) < 4.78 is 11.1. The largest absolute Gasteiger partial charge is 0.507 e. The van der Waals surface area contributed by atoms with Crippen molar-refractivity contribution in [2.45, 2.75) is 19.6 Å². The van der Waals surface area contributed by atoms with Gasteiger partial charge in [-0.2, -0.15) is 0 Å². The van der Waals surface area contributed by atoms with Crippen molar-refractivity contribution >= 4 is 17.4 Å². The third-order valence-electron chi connectivity index (χ3n) is 6.46. The molecule has 8 heteroatoms. The Hall–Kier alpha value is -4.30. The van der Waals surface area contributed by atoms with E-state index in [0.717, 1.165) is 11.1 Å². The minimum Gasteiger partial charge on any atom is -0.507 e. The summed E-state index contributed by atoms with van der Waals surface area (Å²) in [5.74, 6) is -0.993. The molecule has 8 nitrogen and oxygen atoms in total. The molecular weight excluding hydrogens is 484 g/mol. The number of ketones is 1. The van der Waals surface area contributed by atoms with Gasteiger partial charge in [0.2, 0.25) is 0 Å². The number of rotatable bonds is 9. The first-order chi connectivity index (χ1) is 18.2. The maximum Gasteiger partial charge on any atom is 0.295 e. The monoisotopic (exact) mass is 516 g/mol. The van der Waals surface area contributed by atoms with Crippen molar-refractivity contribution in [1.29, 1.82) is 0 Å². The highest BCUT2D eigenvalue weighted by atomic mass is 16.5. The molecular formula is C30H32N2O6. The number of nitrogens with zero attached hydrogens (tertiary/aromatic N) is 2. The summed E-state index contributed by atoms with van der Waals surface area (Å²) in [7, 11) is 5.17. The summed E-state index contributed by atoms with van der Waals surface area (Å²) in [6.45, 7) is 3.21. The Morgan fingerprint density at radius 3 is 2.42 bits per heavy atom. The number of amides is 1. The standard InChI is InChI=1S/C30H32N2O6/c1-19-6-5-7-20(16-19)18-38-23-11-8-21(9-12-23)28(34)26-27(22-10-13-24(33)25(17-22)37-4)32(15-14-31(2)3)30(36)29(26)35/h5-13,16-17,27,33-34H,14-15,18H2,1-4H3/t27-/m1/s1. The van der Waals surface area contributed by atoms with Gasteiger partial charge in [0.15, 0.2) is 11.5 Å². The number of aliphatic hydroxyl groups excluding tert-OH is 1. The maximum absolute atomic E-state index is 13.2. The van der Waals surface area contributed by atoms with Gasteiger partial charge in [-0.05, 0) is 68.5 Å². The van der Waals surface area contributed by atoms with Gasteiger partial charge in [0, 0.05) is 18.7 Å². The smallest absolute Gasteiger partial charge is 0.295 e. The summed E-state index contributed by atoms with van der Waals surface area (Å²) in [6, 6.07) is 18.6. The molecule has 1 saturated heterocycles. The Morgan fingerprint density at radius 1 is 1.03 bits per heavy atom. The van der Waals surface area contributed by atoms with E-state index in [1.165, 1.54) is 18.1 Å². The first kappa shape index (κ1) is 26.8. The molecule has 1 aliphatic heterocycles. The van der Waals surface area contributed by atoms with Crippen LogP contribution in [0.4, 0.5) is 0 Å². The quantitative estimate of drug-likeness (QED) is 0.249.